The minimum Gasteiger partial charge on any atom is -0.477 e. The van der Waals surface area contributed by atoms with Crippen molar-refractivity contribution in [2.24, 2.45) is 5.16 Å². The molecule has 2 unspecified atom stereocenters. The molecule has 0 aromatic carbocycles. The first-order chi connectivity index (χ1) is 19.6. The van der Waals surface area contributed by atoms with Gasteiger partial charge in [-0.25, -0.2) is 14.9 Å². The lowest BCUT2D eigenvalue weighted by Crippen LogP contribution is -2.71. The summed E-state index contributed by atoms with van der Waals surface area (Å²) in [6.07, 6.45) is 1.29. The average molecular weight is 625 g/mol. The lowest BCUT2D eigenvalue weighted by atomic mass is 10.0. The summed E-state index contributed by atoms with van der Waals surface area (Å²) < 4.78 is 5.50. The summed E-state index contributed by atoms with van der Waals surface area (Å²) >= 11 is 6.58. The zero-order chi connectivity index (χ0) is 29.8. The average Bonchev–Trinajstić information content (AvgIpc) is 3.37. The number of anilines is 1. The molecule has 2 amide bonds. The van der Waals surface area contributed by atoms with Gasteiger partial charge < -0.3 is 25.7 Å². The van der Waals surface area contributed by atoms with Crippen LogP contribution in [0.1, 0.15) is 11.5 Å². The Bertz CT molecular complexity index is 1630. The number of H-pyrrole nitrogens is 1. The molecule has 5 N–H and O–H groups in total. The molecule has 0 spiro atoms. The van der Waals surface area contributed by atoms with Crippen LogP contribution in [0, 0.1) is 0 Å². The summed E-state index contributed by atoms with van der Waals surface area (Å²) in [5, 5.41) is 22.9. The number of nitrogen functional groups attached to an aromatic ring is 1. The summed E-state index contributed by atoms with van der Waals surface area (Å²) in [4.78, 5) is 82.5. The number of aromatic amines is 1. The number of β-lactam (4-membered cyclic amide) rings is 1. The van der Waals surface area contributed by atoms with Crippen LogP contribution in [0.3, 0.4) is 0 Å². The molecule has 1 saturated heterocycles. The van der Waals surface area contributed by atoms with Gasteiger partial charge >= 0.3 is 17.1 Å². The van der Waals surface area contributed by atoms with Gasteiger partial charge in [0.2, 0.25) is 0 Å². The number of hydrogen-bond acceptors (Lipinski definition) is 15. The first-order valence-electron chi connectivity index (χ1n) is 11.3. The van der Waals surface area contributed by atoms with E-state index in [4.69, 9.17) is 10.6 Å². The number of carbonyl (C=O) groups is 4. The highest BCUT2D eigenvalue weighted by molar-refractivity contribution is 8.00. The SMILES string of the molecule is CON=C(C(=O)NC1C(=O)N2C(C(=O)O)=C(C=C(S)c3n[nH]c(=O)c(=O)n3CCOC=O)CSC12)c1csc(N)n1. The zero-order valence-electron chi connectivity index (χ0n) is 20.8. The van der Waals surface area contributed by atoms with Crippen molar-refractivity contribution in [3.8, 4) is 0 Å². The standard InChI is InChI=1S/C21H20N8O9S3/c1-37-27-11(9-6-41-21(22)23-9)15(31)24-12-17(33)29-13(20(35)36)8(5-40-19(12)29)4-10(39)14-25-26-16(32)18(34)28(14)2-3-38-7-30/h4,6-7,12,19,39H,2-3,5H2,1H3,(H2,22,23)(H,24,31)(H,26,32)(H,35,36). The molecule has 0 bridgehead atoms. The number of thiazole rings is 1. The molecular weight excluding hydrogens is 604 g/mol. The Morgan fingerprint density at radius 1 is 1.39 bits per heavy atom. The number of nitrogens with zero attached hydrogens (tertiary/aromatic N) is 5. The number of allylic oxidation sites excluding steroid dienone is 1. The van der Waals surface area contributed by atoms with E-state index < -0.39 is 40.3 Å². The Morgan fingerprint density at radius 3 is 2.78 bits per heavy atom. The zero-order valence-corrected chi connectivity index (χ0v) is 23.3. The molecule has 2 aromatic rings. The maximum atomic E-state index is 13.1. The fraction of sp³-hybridized carbons (Fsp3) is 0.286. The van der Waals surface area contributed by atoms with E-state index in [0.717, 1.165) is 20.8 Å². The number of aromatic nitrogens is 4. The first kappa shape index (κ1) is 29.6. The number of rotatable bonds is 11. The van der Waals surface area contributed by atoms with Crippen molar-refractivity contribution in [2.75, 3.05) is 25.2 Å². The number of nitrogens with two attached hydrogens (primary N) is 1. The predicted molar refractivity (Wildman–Crippen MR) is 148 cm³/mol. The third-order valence-corrected chi connectivity index (χ3v) is 7.95. The predicted octanol–water partition coefficient (Wildman–Crippen LogP) is -1.80. The van der Waals surface area contributed by atoms with Crippen LogP contribution in [-0.4, -0.2) is 90.6 Å². The van der Waals surface area contributed by atoms with Crippen LogP contribution in [0.25, 0.3) is 4.91 Å². The quantitative estimate of drug-likeness (QED) is 0.0353. The topological polar surface area (TPSA) is 241 Å². The summed E-state index contributed by atoms with van der Waals surface area (Å²) in [5.41, 5.74) is 3.31. The highest BCUT2D eigenvalue weighted by Crippen LogP contribution is 2.41. The second kappa shape index (κ2) is 12.4. The first-order valence-corrected chi connectivity index (χ1v) is 13.7. The van der Waals surface area contributed by atoms with Gasteiger partial charge in [0, 0.05) is 16.0 Å². The number of carboxylic acid groups (broad SMARTS) is 1. The van der Waals surface area contributed by atoms with Gasteiger partial charge in [0.1, 0.15) is 36.5 Å². The smallest absolute Gasteiger partial charge is 0.352 e. The van der Waals surface area contributed by atoms with Crippen LogP contribution >= 0.6 is 35.7 Å². The van der Waals surface area contributed by atoms with Crippen LogP contribution in [0.4, 0.5) is 5.13 Å². The maximum Gasteiger partial charge on any atom is 0.352 e. The second-order valence-corrected chi connectivity index (χ2v) is 10.5. The van der Waals surface area contributed by atoms with Crippen LogP contribution < -0.4 is 22.2 Å². The highest BCUT2D eigenvalue weighted by Gasteiger charge is 2.54. The number of thiol groups is 1. The Balaban J connectivity index is 1.61. The number of amides is 2. The monoisotopic (exact) mass is 624 g/mol. The van der Waals surface area contributed by atoms with Crippen molar-refractivity contribution in [1.82, 2.24) is 30.0 Å². The molecule has 0 radical (unpaired) electrons. The van der Waals surface area contributed by atoms with Gasteiger partial charge in [0.05, 0.1) is 6.54 Å². The largest absolute Gasteiger partial charge is 0.477 e. The number of oxime groups is 1. The fourth-order valence-corrected chi connectivity index (χ4v) is 6.09. The van der Waals surface area contributed by atoms with E-state index in [-0.39, 0.29) is 63.9 Å². The van der Waals surface area contributed by atoms with Crippen LogP contribution in [0.2, 0.25) is 0 Å². The molecule has 2 aliphatic rings. The highest BCUT2D eigenvalue weighted by atomic mass is 32.2. The van der Waals surface area contributed by atoms with Gasteiger partial charge in [-0.05, 0) is 11.6 Å². The van der Waals surface area contributed by atoms with E-state index in [1.165, 1.54) is 30.3 Å². The number of aliphatic carboxylic acids is 1. The number of carbonyl (C=O) groups excluding carboxylic acids is 3. The van der Waals surface area contributed by atoms with E-state index in [9.17, 15) is 33.9 Å². The van der Waals surface area contributed by atoms with Crippen molar-refractivity contribution in [2.45, 2.75) is 18.0 Å². The van der Waals surface area contributed by atoms with Crippen molar-refractivity contribution in [3.63, 3.8) is 0 Å². The Kier molecular flexibility index (Phi) is 8.93. The van der Waals surface area contributed by atoms with Gasteiger partial charge in [-0.3, -0.25) is 33.4 Å². The molecule has 216 valence electrons. The van der Waals surface area contributed by atoms with E-state index >= 15 is 0 Å². The van der Waals surface area contributed by atoms with Crippen LogP contribution in [0.5, 0.6) is 0 Å². The van der Waals surface area contributed by atoms with Gasteiger partial charge in [-0.15, -0.1) is 35.7 Å². The molecule has 0 aliphatic carbocycles. The van der Waals surface area contributed by atoms with Crippen molar-refractivity contribution < 1.29 is 33.9 Å². The third-order valence-electron chi connectivity index (χ3n) is 5.65. The molecule has 0 saturated carbocycles. The second-order valence-electron chi connectivity index (χ2n) is 8.06. The summed E-state index contributed by atoms with van der Waals surface area (Å²) in [6.45, 7) is -0.301. The van der Waals surface area contributed by atoms with Gasteiger partial charge in [0.15, 0.2) is 16.7 Å². The Morgan fingerprint density at radius 2 is 2.15 bits per heavy atom. The van der Waals surface area contributed by atoms with Crippen molar-refractivity contribution in [3.05, 3.63) is 55.0 Å². The summed E-state index contributed by atoms with van der Waals surface area (Å²) in [6, 6.07) is -1.08. The molecule has 4 heterocycles. The van der Waals surface area contributed by atoms with E-state index in [1.54, 1.807) is 0 Å². The van der Waals surface area contributed by atoms with E-state index in [2.05, 4.69) is 37.9 Å². The normalized spacial score (nSPS) is 18.9. The number of nitrogens with one attached hydrogen (secondary N) is 2. The number of fused-ring (bicyclic) bond motifs is 1. The summed E-state index contributed by atoms with van der Waals surface area (Å²) in [5.74, 6) is -2.97. The molecule has 2 aliphatic heterocycles. The fourth-order valence-electron chi connectivity index (χ4n) is 3.91. The Labute approximate surface area is 242 Å². The summed E-state index contributed by atoms with van der Waals surface area (Å²) in [7, 11) is 1.23. The van der Waals surface area contributed by atoms with Crippen molar-refractivity contribution >= 4 is 75.7 Å². The van der Waals surface area contributed by atoms with Gasteiger partial charge in [-0.2, -0.15) is 5.10 Å². The molecular formula is C21H20N8O9S3. The van der Waals surface area contributed by atoms with Crippen LogP contribution in [-0.2, 0) is 35.3 Å². The molecule has 1 fully saturated rings. The molecule has 4 rings (SSSR count). The minimum atomic E-state index is -1.42. The molecule has 17 nitrogen and oxygen atoms in total. The van der Waals surface area contributed by atoms with Gasteiger partial charge in [0.25, 0.3) is 18.3 Å². The molecule has 2 aromatic heterocycles. The number of thioether (sulfide) groups is 1. The number of ether oxygens (including phenoxy) is 1. The lowest BCUT2D eigenvalue weighted by molar-refractivity contribution is -0.150. The maximum absolute atomic E-state index is 13.1. The van der Waals surface area contributed by atoms with Crippen LogP contribution in [0.15, 0.2) is 37.5 Å². The van der Waals surface area contributed by atoms with Gasteiger partial charge in [-0.1, -0.05) is 5.16 Å². The molecule has 20 heteroatoms. The van der Waals surface area contributed by atoms with Crippen molar-refractivity contribution in [1.29, 1.82) is 0 Å². The van der Waals surface area contributed by atoms with E-state index in [0.29, 0.717) is 0 Å². The minimum absolute atomic E-state index is 0.0157. The molecule has 41 heavy (non-hydrogen) atoms. The Hall–Kier alpha value is -4.43. The third kappa shape index (κ3) is 5.88. The molecule has 2 atom stereocenters. The number of carboxylic acids is 1. The lowest BCUT2D eigenvalue weighted by Gasteiger charge is -2.49. The van der Waals surface area contributed by atoms with E-state index in [1.807, 2.05) is 5.10 Å². The number of hydrogen-bond donors (Lipinski definition) is 5.